The molecule has 0 saturated heterocycles. The van der Waals surface area contributed by atoms with Crippen molar-refractivity contribution in [2.45, 2.75) is 44.6 Å². The van der Waals surface area contributed by atoms with E-state index in [1.807, 2.05) is 6.92 Å². The summed E-state index contributed by atoms with van der Waals surface area (Å²) in [5.41, 5.74) is -2.88. The summed E-state index contributed by atoms with van der Waals surface area (Å²) in [6, 6.07) is 0. The molecule has 0 rings (SSSR count). The molecule has 0 aliphatic heterocycles. The van der Waals surface area contributed by atoms with Crippen LogP contribution in [-0.4, -0.2) is 22.2 Å². The summed E-state index contributed by atoms with van der Waals surface area (Å²) in [6.45, 7) is 1.84. The minimum atomic E-state index is -5.34. The molecule has 0 aromatic rings. The summed E-state index contributed by atoms with van der Waals surface area (Å²) < 4.78 is 25.8. The van der Waals surface area contributed by atoms with Gasteiger partial charge in [0.25, 0.3) is 0 Å². The first kappa shape index (κ1) is 26.2. The number of rotatable bonds is 9. The van der Waals surface area contributed by atoms with Crippen LogP contribution >= 0.6 is 15.2 Å². The second-order valence-electron chi connectivity index (χ2n) is 3.70. The Morgan fingerprint density at radius 2 is 1.58 bits per heavy atom. The molecule has 3 unspecified atom stereocenters. The van der Waals surface area contributed by atoms with E-state index < -0.39 is 20.8 Å². The normalized spacial score (nSPS) is 18.4. The molecule has 0 bridgehead atoms. The van der Waals surface area contributed by atoms with Crippen LogP contribution in [0.2, 0.25) is 0 Å². The average molecular weight is 334 g/mol. The van der Waals surface area contributed by atoms with Gasteiger partial charge in [0.2, 0.25) is 0 Å². The van der Waals surface area contributed by atoms with Gasteiger partial charge in [-0.25, -0.2) is 0 Å². The number of hydrogen-bond donors (Lipinski definition) is 2. The molecule has 3 atom stereocenters. The van der Waals surface area contributed by atoms with E-state index in [1.54, 1.807) is 0 Å². The predicted octanol–water partition coefficient (Wildman–Crippen LogP) is -5.64. The van der Waals surface area contributed by atoms with Gasteiger partial charge in [-0.1, -0.05) is 32.6 Å². The molecular weight excluding hydrogens is 316 g/mol. The van der Waals surface area contributed by atoms with Gasteiger partial charge < -0.3 is 33.4 Å². The first-order valence-corrected chi connectivity index (χ1v) is 8.64. The minimum Gasteiger partial charge on any atom is -0.776 e. The second-order valence-corrected chi connectivity index (χ2v) is 7.55. The van der Waals surface area contributed by atoms with Gasteiger partial charge in [-0.15, -0.1) is 0 Å². The molecule has 19 heavy (non-hydrogen) atoms. The quantitative estimate of drug-likeness (QED) is 0.244. The third kappa shape index (κ3) is 12.5. The monoisotopic (exact) mass is 334 g/mol. The molecule has 0 aliphatic carbocycles. The summed E-state index contributed by atoms with van der Waals surface area (Å²) >= 11 is 0. The van der Waals surface area contributed by atoms with Gasteiger partial charge in [-0.3, -0.25) is 0 Å². The Hall–Kier alpha value is 2.26. The van der Waals surface area contributed by atoms with Crippen molar-refractivity contribution in [2.75, 3.05) is 6.61 Å². The number of aliphatic hydroxyl groups excluding tert-OH is 1. The first-order chi connectivity index (χ1) is 7.72. The third-order valence-corrected chi connectivity index (χ3v) is 5.51. The van der Waals surface area contributed by atoms with Crippen molar-refractivity contribution in [3.63, 3.8) is 0 Å². The molecule has 0 aromatic heterocycles. The standard InChI is InChI=1S/C8H20O7P2.2Na/c1-2-3-4-5-6-7-15-17(13,14)8(9)16(10,11)12;;/h8-9H,2-7H2,1H3,(H,13,14)(H2,10,11,12);;/q;2*+1/p-2. The van der Waals surface area contributed by atoms with Gasteiger partial charge in [-0.2, -0.15) is 0 Å². The molecule has 0 heterocycles. The molecule has 0 aromatic carbocycles. The number of aliphatic hydroxyl groups is 1. The first-order valence-electron chi connectivity index (χ1n) is 5.38. The van der Waals surface area contributed by atoms with Gasteiger partial charge in [-0.05, 0) is 6.42 Å². The SMILES string of the molecule is CCCCCCCOP(=O)([O-])C(O)P(=O)([O-])O.[Na+].[Na+]. The Bertz CT molecular complexity index is 309. The van der Waals surface area contributed by atoms with Gasteiger partial charge in [0.1, 0.15) is 0 Å². The van der Waals surface area contributed by atoms with E-state index >= 15 is 0 Å². The Kier molecular flexibility index (Phi) is 17.6. The summed E-state index contributed by atoms with van der Waals surface area (Å²) in [5.74, 6) is 0. The van der Waals surface area contributed by atoms with Gasteiger partial charge >= 0.3 is 59.1 Å². The van der Waals surface area contributed by atoms with Crippen molar-refractivity contribution >= 4 is 15.2 Å². The van der Waals surface area contributed by atoms with E-state index in [9.17, 15) is 18.9 Å². The fraction of sp³-hybridized carbons (Fsp3) is 1.00. The second kappa shape index (κ2) is 12.8. The summed E-state index contributed by atoms with van der Waals surface area (Å²) in [7, 11) is -10.3. The fourth-order valence-corrected chi connectivity index (χ4v) is 3.29. The third-order valence-electron chi connectivity index (χ3n) is 2.09. The molecule has 0 aliphatic rings. The average Bonchev–Trinajstić information content (AvgIpc) is 2.20. The minimum absolute atomic E-state index is 0. The molecule has 0 fully saturated rings. The maximum atomic E-state index is 11.1. The van der Waals surface area contributed by atoms with Gasteiger partial charge in [0.05, 0.1) is 6.61 Å². The van der Waals surface area contributed by atoms with Gasteiger partial charge in [0, 0.05) is 0 Å². The van der Waals surface area contributed by atoms with Crippen LogP contribution in [0.15, 0.2) is 0 Å². The Balaban J connectivity index is -0.00000128. The van der Waals surface area contributed by atoms with Crippen molar-refractivity contribution < 1.29 is 92.6 Å². The van der Waals surface area contributed by atoms with Crippen molar-refractivity contribution in [1.82, 2.24) is 0 Å². The van der Waals surface area contributed by atoms with E-state index in [2.05, 4.69) is 4.52 Å². The molecule has 0 spiro atoms. The largest absolute Gasteiger partial charge is 1.00 e. The van der Waals surface area contributed by atoms with E-state index in [4.69, 9.17) is 10.00 Å². The van der Waals surface area contributed by atoms with E-state index in [-0.39, 0.29) is 65.7 Å². The zero-order valence-electron chi connectivity index (χ0n) is 11.7. The predicted molar refractivity (Wildman–Crippen MR) is 58.1 cm³/mol. The van der Waals surface area contributed by atoms with Crippen LogP contribution in [0.25, 0.3) is 0 Å². The molecule has 0 radical (unpaired) electrons. The van der Waals surface area contributed by atoms with Crippen molar-refractivity contribution in [3.8, 4) is 0 Å². The summed E-state index contributed by atoms with van der Waals surface area (Å²) in [5, 5.41) is 8.83. The van der Waals surface area contributed by atoms with Crippen LogP contribution in [0, 0.1) is 0 Å². The summed E-state index contributed by atoms with van der Waals surface area (Å²) in [4.78, 5) is 29.9. The topological polar surface area (TPSA) is 130 Å². The van der Waals surface area contributed by atoms with Crippen LogP contribution in [0.1, 0.15) is 39.0 Å². The molecule has 7 nitrogen and oxygen atoms in total. The van der Waals surface area contributed by atoms with Crippen LogP contribution < -0.4 is 68.9 Å². The zero-order chi connectivity index (χ0) is 13.5. The Morgan fingerprint density at radius 3 is 2.00 bits per heavy atom. The maximum Gasteiger partial charge on any atom is 1.00 e. The smallest absolute Gasteiger partial charge is 0.776 e. The molecule has 0 amide bonds. The van der Waals surface area contributed by atoms with E-state index in [0.717, 1.165) is 25.7 Å². The maximum absolute atomic E-state index is 11.1. The van der Waals surface area contributed by atoms with Crippen molar-refractivity contribution in [3.05, 3.63) is 0 Å². The van der Waals surface area contributed by atoms with Crippen LogP contribution in [0.3, 0.4) is 0 Å². The van der Waals surface area contributed by atoms with Crippen molar-refractivity contribution in [2.24, 2.45) is 0 Å². The number of hydrogen-bond acceptors (Lipinski definition) is 6. The van der Waals surface area contributed by atoms with Crippen molar-refractivity contribution in [1.29, 1.82) is 0 Å². The molecule has 11 heteroatoms. The summed E-state index contributed by atoms with van der Waals surface area (Å²) in [6.07, 6.45) is 4.23. The molecular formula is C8H18Na2O7P2. The van der Waals surface area contributed by atoms with Gasteiger partial charge in [0.15, 0.2) is 20.8 Å². The van der Waals surface area contributed by atoms with E-state index in [0.29, 0.717) is 6.42 Å². The van der Waals surface area contributed by atoms with E-state index in [1.165, 1.54) is 0 Å². The molecule has 104 valence electrons. The zero-order valence-corrected chi connectivity index (χ0v) is 17.4. The molecule has 0 saturated carbocycles. The Labute approximate surface area is 157 Å². The number of unbranched alkanes of at least 4 members (excludes halogenated alkanes) is 4. The Morgan fingerprint density at radius 1 is 1.11 bits per heavy atom. The molecule has 2 N–H and O–H groups in total. The van der Waals surface area contributed by atoms with Crippen LogP contribution in [-0.2, 0) is 13.7 Å². The fourth-order valence-electron chi connectivity index (χ4n) is 1.14. The van der Waals surface area contributed by atoms with Crippen LogP contribution in [0.5, 0.6) is 0 Å². The van der Waals surface area contributed by atoms with Crippen LogP contribution in [0.4, 0.5) is 0 Å².